The van der Waals surface area contributed by atoms with Gasteiger partial charge in [0.25, 0.3) is 0 Å². The molecule has 0 amide bonds. The lowest BCUT2D eigenvalue weighted by atomic mass is 10.1. The van der Waals surface area contributed by atoms with E-state index < -0.39 is 0 Å². The van der Waals surface area contributed by atoms with Crippen LogP contribution in [0.1, 0.15) is 17.4 Å². The molecule has 1 aromatic heterocycles. The summed E-state index contributed by atoms with van der Waals surface area (Å²) in [6.07, 6.45) is 0. The monoisotopic (exact) mass is 336 g/mol. The minimum absolute atomic E-state index is 0.510. The molecule has 2 aromatic rings. The molecule has 1 N–H and O–H groups in total. The summed E-state index contributed by atoms with van der Waals surface area (Å²) < 4.78 is 1.21. The highest BCUT2D eigenvalue weighted by Crippen LogP contribution is 2.28. The van der Waals surface area contributed by atoms with Gasteiger partial charge in [0, 0.05) is 29.7 Å². The topological polar surface area (TPSA) is 15.3 Å². The Morgan fingerprint density at radius 3 is 2.95 bits per heavy atom. The summed E-state index contributed by atoms with van der Waals surface area (Å²) in [5.74, 6) is 0. The number of hydrogen-bond acceptors (Lipinski definition) is 3. The van der Waals surface area contributed by atoms with Crippen LogP contribution in [0.5, 0.6) is 0 Å². The summed E-state index contributed by atoms with van der Waals surface area (Å²) >= 11 is 5.36. The molecule has 0 aliphatic carbocycles. The van der Waals surface area contributed by atoms with E-state index in [9.17, 15) is 0 Å². The van der Waals surface area contributed by atoms with Gasteiger partial charge in [0.2, 0.25) is 0 Å². The molecule has 0 fully saturated rings. The molecule has 100 valence electrons. The average Bonchev–Trinajstić information content (AvgIpc) is 2.74. The van der Waals surface area contributed by atoms with E-state index in [-0.39, 0.29) is 0 Å². The van der Waals surface area contributed by atoms with Crippen molar-refractivity contribution < 1.29 is 0 Å². The Bertz CT molecular complexity index is 567. The Morgan fingerprint density at radius 2 is 2.16 bits per heavy atom. The third-order valence-corrected chi connectivity index (χ3v) is 5.05. The van der Waals surface area contributed by atoms with Gasteiger partial charge >= 0.3 is 0 Å². The van der Waals surface area contributed by atoms with Crippen LogP contribution < -0.4 is 10.2 Å². The molecule has 1 aromatic carbocycles. The predicted molar refractivity (Wildman–Crippen MR) is 85.8 cm³/mol. The lowest BCUT2D eigenvalue weighted by molar-refractivity contribution is 0.553. The Hall–Kier alpha value is -0.840. The van der Waals surface area contributed by atoms with Gasteiger partial charge in [-0.05, 0) is 46.6 Å². The van der Waals surface area contributed by atoms with E-state index in [0.717, 1.165) is 19.6 Å². The zero-order chi connectivity index (χ0) is 13.2. The molecule has 1 aliphatic rings. The molecule has 1 atom stereocenters. The van der Waals surface area contributed by atoms with Crippen LogP contribution in [0.4, 0.5) is 5.69 Å². The number of para-hydroxylation sites is 1. The van der Waals surface area contributed by atoms with Crippen molar-refractivity contribution in [3.05, 3.63) is 50.6 Å². The molecule has 0 saturated carbocycles. The molecular weight excluding hydrogens is 320 g/mol. The molecule has 0 bridgehead atoms. The van der Waals surface area contributed by atoms with E-state index in [1.165, 1.54) is 19.9 Å². The van der Waals surface area contributed by atoms with Crippen LogP contribution in [-0.4, -0.2) is 12.6 Å². The van der Waals surface area contributed by atoms with Crippen molar-refractivity contribution >= 4 is 33.0 Å². The molecule has 1 unspecified atom stereocenters. The molecule has 4 heteroatoms. The second-order valence-electron chi connectivity index (χ2n) is 5.00. The molecule has 0 radical (unpaired) electrons. The largest absolute Gasteiger partial charge is 0.365 e. The molecular formula is C15H17BrN2S. The van der Waals surface area contributed by atoms with Crippen molar-refractivity contribution in [2.45, 2.75) is 26.1 Å². The summed E-state index contributed by atoms with van der Waals surface area (Å²) in [4.78, 5) is 3.88. The molecule has 0 spiro atoms. The van der Waals surface area contributed by atoms with Crippen LogP contribution in [-0.2, 0) is 13.1 Å². The number of halogens is 1. The van der Waals surface area contributed by atoms with Crippen molar-refractivity contribution in [1.82, 2.24) is 5.32 Å². The Morgan fingerprint density at radius 1 is 1.32 bits per heavy atom. The highest BCUT2D eigenvalue weighted by molar-refractivity contribution is 9.11. The number of nitrogens with one attached hydrogen (secondary N) is 1. The zero-order valence-electron chi connectivity index (χ0n) is 10.9. The summed E-state index contributed by atoms with van der Waals surface area (Å²) in [6, 6.07) is 13.6. The summed E-state index contributed by atoms with van der Waals surface area (Å²) in [5.41, 5.74) is 2.76. The number of fused-ring (bicyclic) bond motifs is 1. The van der Waals surface area contributed by atoms with Gasteiger partial charge in [-0.25, -0.2) is 0 Å². The highest BCUT2D eigenvalue weighted by atomic mass is 79.9. The van der Waals surface area contributed by atoms with Crippen LogP contribution in [0, 0.1) is 0 Å². The van der Waals surface area contributed by atoms with Crippen LogP contribution >= 0.6 is 27.3 Å². The average molecular weight is 337 g/mol. The van der Waals surface area contributed by atoms with Crippen molar-refractivity contribution in [1.29, 1.82) is 0 Å². The summed E-state index contributed by atoms with van der Waals surface area (Å²) in [5, 5.41) is 3.57. The first-order valence-electron chi connectivity index (χ1n) is 6.53. The lowest BCUT2D eigenvalue weighted by Crippen LogP contribution is -2.35. The fraction of sp³-hybridized carbons (Fsp3) is 0.333. The van der Waals surface area contributed by atoms with Gasteiger partial charge in [0.05, 0.1) is 10.3 Å². The van der Waals surface area contributed by atoms with Gasteiger partial charge in [-0.15, -0.1) is 11.3 Å². The van der Waals surface area contributed by atoms with Gasteiger partial charge in [0.1, 0.15) is 0 Å². The molecule has 2 nitrogen and oxygen atoms in total. The van der Waals surface area contributed by atoms with E-state index in [1.54, 1.807) is 0 Å². The van der Waals surface area contributed by atoms with E-state index in [1.807, 2.05) is 11.3 Å². The Kier molecular flexibility index (Phi) is 3.91. The van der Waals surface area contributed by atoms with Crippen molar-refractivity contribution in [2.75, 3.05) is 11.4 Å². The normalized spacial score (nSPS) is 19.1. The number of thiophene rings is 1. The predicted octanol–water partition coefficient (Wildman–Crippen LogP) is 4.01. The number of rotatable bonds is 2. The SMILES string of the molecule is CC1CN(Cc2ccc(Br)s2)c2ccccc2CN1. The maximum atomic E-state index is 3.57. The van der Waals surface area contributed by atoms with Gasteiger partial charge in [-0.1, -0.05) is 18.2 Å². The third-order valence-electron chi connectivity index (χ3n) is 3.44. The maximum absolute atomic E-state index is 3.57. The third kappa shape index (κ3) is 3.02. The van der Waals surface area contributed by atoms with Crippen molar-refractivity contribution in [3.8, 4) is 0 Å². The fourth-order valence-corrected chi connectivity index (χ4v) is 4.02. The first-order chi connectivity index (χ1) is 9.22. The summed E-state index contributed by atoms with van der Waals surface area (Å²) in [6.45, 7) is 5.25. The maximum Gasteiger partial charge on any atom is 0.0702 e. The Balaban J connectivity index is 1.89. The first-order valence-corrected chi connectivity index (χ1v) is 8.14. The van der Waals surface area contributed by atoms with Gasteiger partial charge in [-0.2, -0.15) is 0 Å². The Labute approximate surface area is 126 Å². The molecule has 2 heterocycles. The minimum Gasteiger partial charge on any atom is -0.365 e. The smallest absolute Gasteiger partial charge is 0.0702 e. The van der Waals surface area contributed by atoms with E-state index >= 15 is 0 Å². The quantitative estimate of drug-likeness (QED) is 0.891. The van der Waals surface area contributed by atoms with Gasteiger partial charge in [0.15, 0.2) is 0 Å². The van der Waals surface area contributed by atoms with Crippen LogP contribution in [0.15, 0.2) is 40.2 Å². The molecule has 1 aliphatic heterocycles. The molecule has 0 saturated heterocycles. The van der Waals surface area contributed by atoms with E-state index in [0.29, 0.717) is 6.04 Å². The fourth-order valence-electron chi connectivity index (χ4n) is 2.52. The highest BCUT2D eigenvalue weighted by Gasteiger charge is 2.19. The van der Waals surface area contributed by atoms with Crippen LogP contribution in [0.2, 0.25) is 0 Å². The van der Waals surface area contributed by atoms with Gasteiger partial charge in [-0.3, -0.25) is 0 Å². The standard InChI is InChI=1S/C15H17BrN2S/c1-11-9-18(10-13-6-7-15(16)19-13)14-5-3-2-4-12(14)8-17-11/h2-7,11,17H,8-10H2,1H3. The second kappa shape index (κ2) is 5.65. The number of nitrogens with zero attached hydrogens (tertiary/aromatic N) is 1. The van der Waals surface area contributed by atoms with Gasteiger partial charge < -0.3 is 10.2 Å². The number of benzene rings is 1. The summed E-state index contributed by atoms with van der Waals surface area (Å²) in [7, 11) is 0. The van der Waals surface area contributed by atoms with E-state index in [2.05, 4.69) is 69.5 Å². The number of hydrogen-bond donors (Lipinski definition) is 1. The number of anilines is 1. The second-order valence-corrected chi connectivity index (χ2v) is 7.54. The van der Waals surface area contributed by atoms with Crippen molar-refractivity contribution in [3.63, 3.8) is 0 Å². The van der Waals surface area contributed by atoms with Crippen LogP contribution in [0.3, 0.4) is 0 Å². The van der Waals surface area contributed by atoms with Crippen molar-refractivity contribution in [2.24, 2.45) is 0 Å². The van der Waals surface area contributed by atoms with Crippen LogP contribution in [0.25, 0.3) is 0 Å². The van der Waals surface area contributed by atoms with E-state index in [4.69, 9.17) is 0 Å². The first kappa shape index (κ1) is 13.2. The minimum atomic E-state index is 0.510. The lowest BCUT2D eigenvalue weighted by Gasteiger charge is -2.25. The zero-order valence-corrected chi connectivity index (χ0v) is 13.3. The molecule has 3 rings (SSSR count). The molecule has 19 heavy (non-hydrogen) atoms.